The smallest absolute Gasteiger partial charge is 0.375 e. The highest BCUT2D eigenvalue weighted by atomic mass is 35.5. The fraction of sp³-hybridized carbons (Fsp3) is 0.375. The Balaban J connectivity index is 1.21. The van der Waals surface area contributed by atoms with E-state index in [0.29, 0.717) is 34.4 Å². The van der Waals surface area contributed by atoms with E-state index in [1.807, 2.05) is 47.0 Å². The van der Waals surface area contributed by atoms with Gasteiger partial charge in [0.15, 0.2) is 5.76 Å². The number of carbonyl (C=O) groups excluding carboxylic acids is 1. The summed E-state index contributed by atoms with van der Waals surface area (Å²) in [6.07, 6.45) is 3.82. The van der Waals surface area contributed by atoms with Crippen molar-refractivity contribution >= 4 is 40.1 Å². The summed E-state index contributed by atoms with van der Waals surface area (Å²) in [4.78, 5) is 20.7. The van der Waals surface area contributed by atoms with Crippen LogP contribution in [-0.4, -0.2) is 50.9 Å². The van der Waals surface area contributed by atoms with E-state index in [1.165, 1.54) is 24.2 Å². The summed E-state index contributed by atoms with van der Waals surface area (Å²) in [5.41, 5.74) is 2.29. The molecular weight excluding hydrogens is 474 g/mol. The van der Waals surface area contributed by atoms with Gasteiger partial charge in [-0.3, -0.25) is 4.57 Å². The molecule has 2 bridgehead atoms. The monoisotopic (exact) mass is 497 g/mol. The maximum Gasteiger partial charge on any atom is 0.415 e. The second-order valence-corrected chi connectivity index (χ2v) is 10.7. The van der Waals surface area contributed by atoms with Gasteiger partial charge in [-0.25, -0.2) is 4.79 Å². The zero-order valence-electron chi connectivity index (χ0n) is 18.6. The Morgan fingerprint density at radius 2 is 2.03 bits per heavy atom. The van der Waals surface area contributed by atoms with Crippen LogP contribution in [0.2, 0.25) is 4.34 Å². The Morgan fingerprint density at radius 1 is 1.24 bits per heavy atom. The van der Waals surface area contributed by atoms with Crippen LogP contribution in [-0.2, 0) is 6.54 Å². The molecule has 8 nitrogen and oxygen atoms in total. The van der Waals surface area contributed by atoms with Crippen molar-refractivity contribution in [3.63, 3.8) is 0 Å². The van der Waals surface area contributed by atoms with E-state index in [0.717, 1.165) is 28.8 Å². The number of nitrogens with zero attached hydrogens (tertiary/aromatic N) is 4. The van der Waals surface area contributed by atoms with Crippen LogP contribution in [0, 0.1) is 0 Å². The molecule has 6 rings (SSSR count). The van der Waals surface area contributed by atoms with Crippen molar-refractivity contribution in [2.45, 2.75) is 50.4 Å². The highest BCUT2D eigenvalue weighted by Gasteiger charge is 2.39. The van der Waals surface area contributed by atoms with Crippen LogP contribution in [0.5, 0.6) is 6.01 Å². The van der Waals surface area contributed by atoms with Gasteiger partial charge in [-0.1, -0.05) is 28.9 Å². The number of carbonyl (C=O) groups is 1. The average Bonchev–Trinajstić information content (AvgIpc) is 3.57. The number of thiophene rings is 1. The molecule has 2 atom stereocenters. The number of imidazole rings is 1. The first-order valence-electron chi connectivity index (χ1n) is 11.4. The first-order valence-corrected chi connectivity index (χ1v) is 12.6. The van der Waals surface area contributed by atoms with Gasteiger partial charge < -0.3 is 19.5 Å². The first kappa shape index (κ1) is 21.6. The van der Waals surface area contributed by atoms with E-state index in [9.17, 15) is 4.79 Å². The van der Waals surface area contributed by atoms with Gasteiger partial charge in [-0.05, 0) is 57.0 Å². The number of fused-ring (bicyclic) bond motifs is 3. The Morgan fingerprint density at radius 3 is 2.79 bits per heavy atom. The Kier molecular flexibility index (Phi) is 5.55. The molecule has 5 heterocycles. The molecule has 4 aromatic rings. The zero-order chi connectivity index (χ0) is 23.2. The molecule has 1 N–H and O–H groups in total. The summed E-state index contributed by atoms with van der Waals surface area (Å²) in [6.45, 7) is 0.351. The Labute approximate surface area is 205 Å². The number of piperidine rings is 1. The SMILES string of the molecule is CN1C2CCC1CC(NC(=O)Oc1nc3ccccc3n1Cc1cc(-c3ccc(Cl)s3)on1)C2. The van der Waals surface area contributed by atoms with Gasteiger partial charge in [0.05, 0.1) is 26.8 Å². The van der Waals surface area contributed by atoms with Crippen molar-refractivity contribution in [2.75, 3.05) is 7.05 Å². The van der Waals surface area contributed by atoms with Crippen molar-refractivity contribution in [3.8, 4) is 16.6 Å². The predicted molar refractivity (Wildman–Crippen MR) is 130 cm³/mol. The molecule has 176 valence electrons. The van der Waals surface area contributed by atoms with E-state index in [2.05, 4.69) is 27.4 Å². The van der Waals surface area contributed by atoms with Crippen LogP contribution >= 0.6 is 22.9 Å². The van der Waals surface area contributed by atoms with Crippen molar-refractivity contribution in [2.24, 2.45) is 0 Å². The van der Waals surface area contributed by atoms with Gasteiger partial charge in [0, 0.05) is 24.2 Å². The van der Waals surface area contributed by atoms with E-state index < -0.39 is 6.09 Å². The van der Waals surface area contributed by atoms with Crippen LogP contribution in [0.15, 0.2) is 47.0 Å². The Bertz CT molecular complexity index is 1330. The molecule has 34 heavy (non-hydrogen) atoms. The molecule has 1 amide bonds. The predicted octanol–water partition coefficient (Wildman–Crippen LogP) is 5.17. The summed E-state index contributed by atoms with van der Waals surface area (Å²) in [5, 5.41) is 7.27. The van der Waals surface area contributed by atoms with Crippen molar-refractivity contribution < 1.29 is 14.1 Å². The van der Waals surface area contributed by atoms with Crippen molar-refractivity contribution in [1.82, 2.24) is 24.9 Å². The standard InChI is InChI=1S/C24H24ClN5O3S/c1-29-16-6-7-17(29)11-14(10-16)26-24(31)32-23-27-18-4-2-3-5-19(18)30(23)13-15-12-20(33-28-15)21-8-9-22(25)34-21/h2-5,8-9,12,14,16-17H,6-7,10-11,13H2,1H3,(H,26,31). The van der Waals surface area contributed by atoms with E-state index in [1.54, 1.807) is 0 Å². The summed E-state index contributed by atoms with van der Waals surface area (Å²) in [7, 11) is 2.18. The highest BCUT2D eigenvalue weighted by molar-refractivity contribution is 7.19. The third kappa shape index (κ3) is 4.08. The molecular formula is C24H24ClN5O3S. The second-order valence-electron chi connectivity index (χ2n) is 9.01. The normalized spacial score (nSPS) is 22.4. The number of amides is 1. The molecule has 0 radical (unpaired) electrons. The average molecular weight is 498 g/mol. The number of para-hydroxylation sites is 2. The fourth-order valence-corrected chi connectivity index (χ4v) is 6.20. The molecule has 2 aliphatic rings. The molecule has 0 spiro atoms. The van der Waals surface area contributed by atoms with Gasteiger partial charge in [0.1, 0.15) is 5.69 Å². The molecule has 2 fully saturated rings. The topological polar surface area (TPSA) is 85.4 Å². The number of halogens is 1. The fourth-order valence-electron chi connectivity index (χ4n) is 5.20. The number of hydrogen-bond donors (Lipinski definition) is 1. The van der Waals surface area contributed by atoms with Gasteiger partial charge in [0.2, 0.25) is 0 Å². The van der Waals surface area contributed by atoms with Crippen LogP contribution in [0.1, 0.15) is 31.4 Å². The van der Waals surface area contributed by atoms with Gasteiger partial charge in [0.25, 0.3) is 0 Å². The number of aromatic nitrogens is 3. The number of ether oxygens (including phenoxy) is 1. The maximum atomic E-state index is 12.8. The third-order valence-electron chi connectivity index (χ3n) is 6.92. The minimum Gasteiger partial charge on any atom is -0.375 e. The van der Waals surface area contributed by atoms with Crippen LogP contribution in [0.4, 0.5) is 4.79 Å². The minimum absolute atomic E-state index is 0.120. The summed E-state index contributed by atoms with van der Waals surface area (Å²) in [6, 6.07) is 14.7. The number of hydrogen-bond acceptors (Lipinski definition) is 7. The lowest BCUT2D eigenvalue weighted by molar-refractivity contribution is 0.139. The van der Waals surface area contributed by atoms with Crippen molar-refractivity contribution in [1.29, 1.82) is 0 Å². The Hall–Kier alpha value is -2.88. The minimum atomic E-state index is -0.473. The zero-order valence-corrected chi connectivity index (χ0v) is 20.2. The number of nitrogens with one attached hydrogen (secondary N) is 1. The van der Waals surface area contributed by atoms with Crippen LogP contribution in [0.3, 0.4) is 0 Å². The summed E-state index contributed by atoms with van der Waals surface area (Å²) >= 11 is 7.48. The summed E-state index contributed by atoms with van der Waals surface area (Å²) < 4.78 is 13.8. The lowest BCUT2D eigenvalue weighted by Gasteiger charge is -2.36. The summed E-state index contributed by atoms with van der Waals surface area (Å²) in [5.74, 6) is 0.647. The highest BCUT2D eigenvalue weighted by Crippen LogP contribution is 2.34. The van der Waals surface area contributed by atoms with Gasteiger partial charge in [-0.15, -0.1) is 11.3 Å². The van der Waals surface area contributed by atoms with Gasteiger partial charge >= 0.3 is 12.1 Å². The van der Waals surface area contributed by atoms with Crippen LogP contribution < -0.4 is 10.1 Å². The molecule has 2 unspecified atom stereocenters. The molecule has 0 aliphatic carbocycles. The maximum absolute atomic E-state index is 12.8. The number of benzene rings is 1. The molecule has 2 aliphatic heterocycles. The molecule has 0 saturated carbocycles. The van der Waals surface area contributed by atoms with E-state index in [-0.39, 0.29) is 12.1 Å². The van der Waals surface area contributed by atoms with E-state index >= 15 is 0 Å². The quantitative estimate of drug-likeness (QED) is 0.409. The van der Waals surface area contributed by atoms with Crippen molar-refractivity contribution in [3.05, 3.63) is 52.5 Å². The molecule has 10 heteroatoms. The third-order valence-corrected chi connectivity index (χ3v) is 8.16. The largest absolute Gasteiger partial charge is 0.415 e. The van der Waals surface area contributed by atoms with E-state index in [4.69, 9.17) is 20.9 Å². The molecule has 1 aromatic carbocycles. The number of rotatable bonds is 5. The lowest BCUT2D eigenvalue weighted by atomic mass is 9.98. The second kappa shape index (κ2) is 8.72. The lowest BCUT2D eigenvalue weighted by Crippen LogP contribution is -2.49. The molecule has 2 saturated heterocycles. The van der Waals surface area contributed by atoms with Gasteiger partial charge in [-0.2, -0.15) is 4.98 Å². The van der Waals surface area contributed by atoms with Crippen LogP contribution in [0.25, 0.3) is 21.7 Å². The molecule has 3 aromatic heterocycles. The first-order chi connectivity index (χ1) is 16.5.